The standard InChI is InChI=1S/C13H24N4O3S/c1-11(2)16-4-3-12(9-16)7-15-21(19,20)13-8-14-17(10-13)5-6-18/h8,10-12,15,18H,3-7,9H2,1-2H3. The Kier molecular flexibility index (Phi) is 5.37. The Morgan fingerprint density at radius 2 is 2.29 bits per heavy atom. The van der Waals surface area contributed by atoms with Crippen LogP contribution in [0.15, 0.2) is 17.3 Å². The molecule has 1 aliphatic heterocycles. The van der Waals surface area contributed by atoms with Crippen molar-refractivity contribution in [3.8, 4) is 0 Å². The molecule has 0 amide bonds. The fourth-order valence-electron chi connectivity index (χ4n) is 2.52. The first-order valence-electron chi connectivity index (χ1n) is 7.29. The molecular formula is C13H24N4O3S. The molecule has 7 nitrogen and oxygen atoms in total. The predicted molar refractivity (Wildman–Crippen MR) is 79.3 cm³/mol. The Bertz CT molecular complexity index is 556. The largest absolute Gasteiger partial charge is 0.394 e. The van der Waals surface area contributed by atoms with Gasteiger partial charge < -0.3 is 10.0 Å². The molecule has 2 N–H and O–H groups in total. The SMILES string of the molecule is CC(C)N1CCC(CNS(=O)(=O)c2cnn(CCO)c2)C1. The molecule has 0 bridgehead atoms. The number of likely N-dealkylation sites (tertiary alicyclic amines) is 1. The third-order valence-corrected chi connectivity index (χ3v) is 5.24. The maximum Gasteiger partial charge on any atom is 0.243 e. The van der Waals surface area contributed by atoms with Crippen LogP contribution in [0.2, 0.25) is 0 Å². The van der Waals surface area contributed by atoms with Gasteiger partial charge in [0.2, 0.25) is 10.0 Å². The van der Waals surface area contributed by atoms with Gasteiger partial charge in [-0.25, -0.2) is 13.1 Å². The quantitative estimate of drug-likeness (QED) is 0.732. The first-order valence-corrected chi connectivity index (χ1v) is 8.77. The van der Waals surface area contributed by atoms with Gasteiger partial charge in [0.1, 0.15) is 4.90 Å². The monoisotopic (exact) mass is 316 g/mol. The zero-order valence-electron chi connectivity index (χ0n) is 12.6. The number of aromatic nitrogens is 2. The molecule has 2 heterocycles. The molecule has 1 atom stereocenters. The van der Waals surface area contributed by atoms with E-state index in [-0.39, 0.29) is 11.5 Å². The second-order valence-electron chi connectivity index (χ2n) is 5.76. The van der Waals surface area contributed by atoms with Gasteiger partial charge in [0.05, 0.1) is 19.3 Å². The molecule has 0 radical (unpaired) electrons. The summed E-state index contributed by atoms with van der Waals surface area (Å²) in [6, 6.07) is 0.503. The maximum atomic E-state index is 12.2. The van der Waals surface area contributed by atoms with Crippen LogP contribution >= 0.6 is 0 Å². The molecule has 21 heavy (non-hydrogen) atoms. The summed E-state index contributed by atoms with van der Waals surface area (Å²) in [6.45, 7) is 6.95. The lowest BCUT2D eigenvalue weighted by Crippen LogP contribution is -2.32. The molecule has 1 unspecified atom stereocenters. The molecule has 0 aromatic carbocycles. The molecule has 0 spiro atoms. The molecule has 1 aromatic rings. The Morgan fingerprint density at radius 3 is 2.90 bits per heavy atom. The number of aliphatic hydroxyl groups excluding tert-OH is 1. The summed E-state index contributed by atoms with van der Waals surface area (Å²) in [6.07, 6.45) is 3.77. The summed E-state index contributed by atoms with van der Waals surface area (Å²) < 4.78 is 28.4. The Hall–Kier alpha value is -0.960. The Morgan fingerprint density at radius 1 is 1.52 bits per heavy atom. The minimum absolute atomic E-state index is 0.0678. The van der Waals surface area contributed by atoms with E-state index >= 15 is 0 Å². The van der Waals surface area contributed by atoms with E-state index in [4.69, 9.17) is 5.11 Å². The second-order valence-corrected chi connectivity index (χ2v) is 7.52. The lowest BCUT2D eigenvalue weighted by atomic mass is 10.1. The molecule has 1 aromatic heterocycles. The van der Waals surface area contributed by atoms with Crippen LogP contribution < -0.4 is 4.72 Å². The first kappa shape index (κ1) is 16.4. The number of hydrogen-bond donors (Lipinski definition) is 2. The average Bonchev–Trinajstić information content (AvgIpc) is 3.06. The molecule has 1 fully saturated rings. The van der Waals surface area contributed by atoms with Crippen molar-refractivity contribution in [2.75, 3.05) is 26.2 Å². The summed E-state index contributed by atoms with van der Waals surface area (Å²) in [5, 5.41) is 12.7. The highest BCUT2D eigenvalue weighted by molar-refractivity contribution is 7.89. The van der Waals surface area contributed by atoms with E-state index in [0.29, 0.717) is 25.0 Å². The molecular weight excluding hydrogens is 292 g/mol. The van der Waals surface area contributed by atoms with E-state index in [0.717, 1.165) is 19.5 Å². The number of nitrogens with zero attached hydrogens (tertiary/aromatic N) is 3. The Labute approximate surface area is 126 Å². The highest BCUT2D eigenvalue weighted by Crippen LogP contribution is 2.18. The van der Waals surface area contributed by atoms with E-state index in [1.807, 2.05) is 0 Å². The normalized spacial score (nSPS) is 20.5. The van der Waals surface area contributed by atoms with Gasteiger partial charge in [0.25, 0.3) is 0 Å². The zero-order valence-corrected chi connectivity index (χ0v) is 13.4. The molecule has 0 saturated carbocycles. The van der Waals surface area contributed by atoms with Crippen molar-refractivity contribution in [2.45, 2.75) is 37.8 Å². The van der Waals surface area contributed by atoms with Gasteiger partial charge in [-0.15, -0.1) is 0 Å². The topological polar surface area (TPSA) is 87.5 Å². The van der Waals surface area contributed by atoms with Crippen LogP contribution in [0.4, 0.5) is 0 Å². The van der Waals surface area contributed by atoms with Crippen LogP contribution in [-0.4, -0.2) is 60.5 Å². The van der Waals surface area contributed by atoms with Crippen LogP contribution in [0.5, 0.6) is 0 Å². The van der Waals surface area contributed by atoms with E-state index in [2.05, 4.69) is 28.6 Å². The smallest absolute Gasteiger partial charge is 0.243 e. The van der Waals surface area contributed by atoms with Crippen molar-refractivity contribution >= 4 is 10.0 Å². The van der Waals surface area contributed by atoms with Gasteiger partial charge in [-0.3, -0.25) is 4.68 Å². The van der Waals surface area contributed by atoms with Gasteiger partial charge in [0.15, 0.2) is 0 Å². The lowest BCUT2D eigenvalue weighted by Gasteiger charge is -2.20. The highest BCUT2D eigenvalue weighted by atomic mass is 32.2. The number of sulfonamides is 1. The van der Waals surface area contributed by atoms with Gasteiger partial charge >= 0.3 is 0 Å². The number of nitrogens with one attached hydrogen (secondary N) is 1. The molecule has 1 saturated heterocycles. The van der Waals surface area contributed by atoms with Crippen molar-refractivity contribution in [1.82, 2.24) is 19.4 Å². The number of aliphatic hydroxyl groups is 1. The highest BCUT2D eigenvalue weighted by Gasteiger charge is 2.26. The molecule has 2 rings (SSSR count). The third kappa shape index (κ3) is 4.26. The van der Waals surface area contributed by atoms with Crippen molar-refractivity contribution in [1.29, 1.82) is 0 Å². The number of rotatable bonds is 7. The van der Waals surface area contributed by atoms with E-state index in [1.165, 1.54) is 17.1 Å². The van der Waals surface area contributed by atoms with Gasteiger partial charge in [-0.1, -0.05) is 0 Å². The summed E-state index contributed by atoms with van der Waals surface area (Å²) in [5.41, 5.74) is 0. The summed E-state index contributed by atoms with van der Waals surface area (Å²) in [5.74, 6) is 0.356. The van der Waals surface area contributed by atoms with Crippen molar-refractivity contribution in [3.63, 3.8) is 0 Å². The molecule has 120 valence electrons. The van der Waals surface area contributed by atoms with Crippen LogP contribution in [-0.2, 0) is 16.6 Å². The fourth-order valence-corrected chi connectivity index (χ4v) is 3.59. The summed E-state index contributed by atoms with van der Waals surface area (Å²) in [7, 11) is -3.52. The van der Waals surface area contributed by atoms with Crippen molar-refractivity contribution < 1.29 is 13.5 Å². The van der Waals surface area contributed by atoms with Crippen molar-refractivity contribution in [3.05, 3.63) is 12.4 Å². The van der Waals surface area contributed by atoms with Gasteiger partial charge in [-0.05, 0) is 32.7 Å². The zero-order chi connectivity index (χ0) is 15.5. The second kappa shape index (κ2) is 6.87. The number of hydrogen-bond acceptors (Lipinski definition) is 5. The Balaban J connectivity index is 1.89. The van der Waals surface area contributed by atoms with Gasteiger partial charge in [0, 0.05) is 25.3 Å². The predicted octanol–water partition coefficient (Wildman–Crippen LogP) is -0.116. The van der Waals surface area contributed by atoms with Crippen LogP contribution in [0.1, 0.15) is 20.3 Å². The van der Waals surface area contributed by atoms with Crippen LogP contribution in [0, 0.1) is 5.92 Å². The van der Waals surface area contributed by atoms with Crippen LogP contribution in [0.3, 0.4) is 0 Å². The molecule has 8 heteroatoms. The summed E-state index contributed by atoms with van der Waals surface area (Å²) >= 11 is 0. The minimum Gasteiger partial charge on any atom is -0.394 e. The lowest BCUT2D eigenvalue weighted by molar-refractivity contribution is 0.265. The van der Waals surface area contributed by atoms with E-state index < -0.39 is 10.0 Å². The van der Waals surface area contributed by atoms with E-state index in [1.54, 1.807) is 0 Å². The maximum absolute atomic E-state index is 12.2. The fraction of sp³-hybridized carbons (Fsp3) is 0.769. The molecule has 1 aliphatic rings. The average molecular weight is 316 g/mol. The van der Waals surface area contributed by atoms with Gasteiger partial charge in [-0.2, -0.15) is 5.10 Å². The third-order valence-electron chi connectivity index (χ3n) is 3.86. The van der Waals surface area contributed by atoms with Crippen LogP contribution in [0.25, 0.3) is 0 Å². The molecule has 0 aliphatic carbocycles. The minimum atomic E-state index is -3.52. The van der Waals surface area contributed by atoms with Crippen molar-refractivity contribution in [2.24, 2.45) is 5.92 Å². The first-order chi connectivity index (χ1) is 9.92. The van der Waals surface area contributed by atoms with E-state index in [9.17, 15) is 8.42 Å². The summed E-state index contributed by atoms with van der Waals surface area (Å²) in [4.78, 5) is 2.51.